The lowest BCUT2D eigenvalue weighted by molar-refractivity contribution is -0.141. The van der Waals surface area contributed by atoms with Gasteiger partial charge in [0.15, 0.2) is 0 Å². The van der Waals surface area contributed by atoms with Crippen LogP contribution in [-0.2, 0) is 19.2 Å². The number of carbonyl (C=O) groups is 4. The fourth-order valence-corrected chi connectivity index (χ4v) is 4.92. The maximum Gasteiger partial charge on any atom is 0.244 e. The Morgan fingerprint density at radius 2 is 2.00 bits per heavy atom. The van der Waals surface area contributed by atoms with E-state index < -0.39 is 17.5 Å². The second-order valence-electron chi connectivity index (χ2n) is 10.6. The van der Waals surface area contributed by atoms with E-state index >= 15 is 0 Å². The molecule has 2 aliphatic heterocycles. The molecule has 3 N–H and O–H groups in total. The van der Waals surface area contributed by atoms with Crippen molar-refractivity contribution in [2.75, 3.05) is 19.6 Å². The van der Waals surface area contributed by atoms with Crippen LogP contribution < -0.4 is 16.0 Å². The van der Waals surface area contributed by atoms with Gasteiger partial charge in [0, 0.05) is 24.4 Å². The first-order chi connectivity index (χ1) is 14.4. The van der Waals surface area contributed by atoms with Gasteiger partial charge < -0.3 is 20.9 Å². The Morgan fingerprint density at radius 1 is 1.32 bits per heavy atom. The van der Waals surface area contributed by atoms with Gasteiger partial charge in [0.2, 0.25) is 23.6 Å². The first kappa shape index (κ1) is 23.0. The second-order valence-corrected chi connectivity index (χ2v) is 10.6. The molecule has 4 amide bonds. The first-order valence-electron chi connectivity index (χ1n) is 10.9. The highest BCUT2D eigenvalue weighted by molar-refractivity contribution is 5.92. The van der Waals surface area contributed by atoms with E-state index in [0.717, 1.165) is 0 Å². The third kappa shape index (κ3) is 4.53. The summed E-state index contributed by atoms with van der Waals surface area (Å²) < 4.78 is 0. The zero-order chi connectivity index (χ0) is 23.1. The number of fused-ring (bicyclic) bond motifs is 1. The molecule has 0 bridgehead atoms. The standard InChI is InChI=1S/C22H33N5O4/c1-21(2,3)20(31)25-10-15(28)27-11-14-16(22(14,4)5)17(27)19(30)26-13(9-23)8-12-6-7-24-18(12)29/h12-14,16-17H,6-8,10-11H2,1-5H3,(H,24,29)(H,25,31)(H,26,30)/t12-,13-,14?,16?,17-/m0/s1. The van der Waals surface area contributed by atoms with Crippen molar-refractivity contribution in [3.63, 3.8) is 0 Å². The number of nitrogens with one attached hydrogen (secondary N) is 3. The largest absolute Gasteiger partial charge is 0.356 e. The van der Waals surface area contributed by atoms with Crippen molar-refractivity contribution >= 4 is 23.6 Å². The van der Waals surface area contributed by atoms with Crippen LogP contribution in [0, 0.1) is 39.9 Å². The first-order valence-corrected chi connectivity index (χ1v) is 10.9. The lowest BCUT2D eigenvalue weighted by atomic mass is 9.95. The normalized spacial score (nSPS) is 29.4. The Labute approximate surface area is 183 Å². The van der Waals surface area contributed by atoms with Crippen LogP contribution in [0.2, 0.25) is 0 Å². The Balaban J connectivity index is 1.66. The molecule has 2 heterocycles. The summed E-state index contributed by atoms with van der Waals surface area (Å²) in [6.07, 6.45) is 0.903. The average Bonchev–Trinajstić information content (AvgIpc) is 3.05. The number of nitriles is 1. The number of nitrogens with zero attached hydrogens (tertiary/aromatic N) is 2. The highest BCUT2D eigenvalue weighted by atomic mass is 16.2. The van der Waals surface area contributed by atoms with Crippen LogP contribution >= 0.6 is 0 Å². The van der Waals surface area contributed by atoms with Crippen molar-refractivity contribution in [3.05, 3.63) is 0 Å². The summed E-state index contributed by atoms with van der Waals surface area (Å²) in [5, 5.41) is 17.7. The van der Waals surface area contributed by atoms with Crippen molar-refractivity contribution in [2.45, 2.75) is 59.5 Å². The van der Waals surface area contributed by atoms with E-state index in [-0.39, 0.29) is 59.8 Å². The minimum Gasteiger partial charge on any atom is -0.356 e. The zero-order valence-corrected chi connectivity index (χ0v) is 18.9. The molecule has 3 rings (SSSR count). The van der Waals surface area contributed by atoms with Crippen molar-refractivity contribution in [1.29, 1.82) is 5.26 Å². The molecule has 9 nitrogen and oxygen atoms in total. The van der Waals surface area contributed by atoms with Crippen LogP contribution in [0.5, 0.6) is 0 Å². The van der Waals surface area contributed by atoms with Crippen LogP contribution in [0.3, 0.4) is 0 Å². The third-order valence-electron chi connectivity index (χ3n) is 7.03. The Kier molecular flexibility index (Phi) is 6.05. The Morgan fingerprint density at radius 3 is 2.55 bits per heavy atom. The average molecular weight is 432 g/mol. The molecular formula is C22H33N5O4. The fraction of sp³-hybridized carbons (Fsp3) is 0.773. The molecule has 3 fully saturated rings. The van der Waals surface area contributed by atoms with Gasteiger partial charge in [-0.05, 0) is 30.1 Å². The Bertz CT molecular complexity index is 825. The van der Waals surface area contributed by atoms with E-state index in [1.165, 1.54) is 4.90 Å². The van der Waals surface area contributed by atoms with Crippen LogP contribution in [0.1, 0.15) is 47.5 Å². The molecule has 0 aromatic carbocycles. The van der Waals surface area contributed by atoms with E-state index in [2.05, 4.69) is 35.9 Å². The van der Waals surface area contributed by atoms with E-state index in [9.17, 15) is 24.4 Å². The summed E-state index contributed by atoms with van der Waals surface area (Å²) in [6.45, 7) is 10.3. The monoisotopic (exact) mass is 431 g/mol. The predicted octanol–water partition coefficient (Wildman–Crippen LogP) is 0.166. The smallest absolute Gasteiger partial charge is 0.244 e. The minimum absolute atomic E-state index is 0.0175. The minimum atomic E-state index is -0.792. The van der Waals surface area contributed by atoms with Crippen LogP contribution in [0.15, 0.2) is 0 Å². The van der Waals surface area contributed by atoms with Crippen LogP contribution in [0.4, 0.5) is 0 Å². The molecule has 3 aliphatic rings. The third-order valence-corrected chi connectivity index (χ3v) is 7.03. The maximum atomic E-state index is 13.2. The molecule has 2 unspecified atom stereocenters. The summed E-state index contributed by atoms with van der Waals surface area (Å²) in [5.41, 5.74) is -0.667. The van der Waals surface area contributed by atoms with Crippen molar-refractivity contribution in [2.24, 2.45) is 28.6 Å². The van der Waals surface area contributed by atoms with Gasteiger partial charge >= 0.3 is 0 Å². The van der Waals surface area contributed by atoms with Gasteiger partial charge in [0.1, 0.15) is 12.1 Å². The lowest BCUT2D eigenvalue weighted by Gasteiger charge is -2.31. The van der Waals surface area contributed by atoms with Gasteiger partial charge in [0.25, 0.3) is 0 Å². The highest BCUT2D eigenvalue weighted by Crippen LogP contribution is 2.64. The van der Waals surface area contributed by atoms with Crippen molar-refractivity contribution < 1.29 is 19.2 Å². The molecule has 5 atom stereocenters. The number of carbonyl (C=O) groups excluding carboxylic acids is 4. The zero-order valence-electron chi connectivity index (χ0n) is 18.9. The molecule has 0 spiro atoms. The number of amides is 4. The van der Waals surface area contributed by atoms with Gasteiger partial charge in [-0.3, -0.25) is 19.2 Å². The molecule has 31 heavy (non-hydrogen) atoms. The van der Waals surface area contributed by atoms with Gasteiger partial charge in [-0.15, -0.1) is 0 Å². The Hall–Kier alpha value is -2.63. The maximum absolute atomic E-state index is 13.2. The summed E-state index contributed by atoms with van der Waals surface area (Å²) in [4.78, 5) is 51.5. The van der Waals surface area contributed by atoms with Gasteiger partial charge in [0.05, 0.1) is 12.6 Å². The van der Waals surface area contributed by atoms with Gasteiger partial charge in [-0.25, -0.2) is 0 Å². The summed E-state index contributed by atoms with van der Waals surface area (Å²) >= 11 is 0. The fourth-order valence-electron chi connectivity index (χ4n) is 4.92. The van der Waals surface area contributed by atoms with Crippen LogP contribution in [0.25, 0.3) is 0 Å². The number of hydrogen-bond donors (Lipinski definition) is 3. The number of rotatable bonds is 6. The molecule has 0 radical (unpaired) electrons. The summed E-state index contributed by atoms with van der Waals surface area (Å²) in [6, 6.07) is 0.616. The van der Waals surface area contributed by atoms with E-state index in [1.54, 1.807) is 20.8 Å². The van der Waals surface area contributed by atoms with E-state index in [0.29, 0.717) is 19.5 Å². The topological polar surface area (TPSA) is 131 Å². The molecule has 1 saturated carbocycles. The second kappa shape index (κ2) is 8.13. The van der Waals surface area contributed by atoms with Gasteiger partial charge in [-0.1, -0.05) is 34.6 Å². The molecule has 9 heteroatoms. The highest BCUT2D eigenvalue weighted by Gasteiger charge is 2.69. The van der Waals surface area contributed by atoms with Gasteiger partial charge in [-0.2, -0.15) is 5.26 Å². The summed E-state index contributed by atoms with van der Waals surface area (Å²) in [5.74, 6) is -1.04. The molecule has 1 aliphatic carbocycles. The van der Waals surface area contributed by atoms with Crippen molar-refractivity contribution in [1.82, 2.24) is 20.9 Å². The number of piperidine rings is 1. The molecule has 170 valence electrons. The number of hydrogen-bond acceptors (Lipinski definition) is 5. The predicted molar refractivity (Wildman–Crippen MR) is 112 cm³/mol. The van der Waals surface area contributed by atoms with Crippen molar-refractivity contribution in [3.8, 4) is 6.07 Å². The molecule has 0 aromatic heterocycles. The van der Waals surface area contributed by atoms with E-state index in [1.807, 2.05) is 0 Å². The van der Waals surface area contributed by atoms with Crippen LogP contribution in [-0.4, -0.2) is 60.2 Å². The van der Waals surface area contributed by atoms with E-state index in [4.69, 9.17) is 0 Å². The molecular weight excluding hydrogens is 398 g/mol. The summed E-state index contributed by atoms with van der Waals surface area (Å²) in [7, 11) is 0. The number of likely N-dealkylation sites (tertiary alicyclic amines) is 1. The quantitative estimate of drug-likeness (QED) is 0.552. The SMILES string of the molecule is CC(C)(C)C(=O)NCC(=O)N1CC2C([C@H]1C(=O)N[C@H](C#N)C[C@@H]1CCNC1=O)C2(C)C. The molecule has 2 saturated heterocycles. The molecule has 0 aromatic rings. The lowest BCUT2D eigenvalue weighted by Crippen LogP contribution is -2.54.